The zero-order chi connectivity index (χ0) is 33.2. The summed E-state index contributed by atoms with van der Waals surface area (Å²) in [6.07, 6.45) is 1.68. The molecule has 1 aliphatic carbocycles. The maximum atomic E-state index is 14.2. The number of nitrogens with one attached hydrogen (secondary N) is 1. The lowest BCUT2D eigenvalue weighted by Gasteiger charge is -2.25. The summed E-state index contributed by atoms with van der Waals surface area (Å²) < 4.78 is 10.4. The highest BCUT2D eigenvalue weighted by molar-refractivity contribution is 6.38. The Morgan fingerprint density at radius 3 is 2.24 bits per heavy atom. The van der Waals surface area contributed by atoms with Gasteiger partial charge in [0.25, 0.3) is 11.8 Å². The maximum absolute atomic E-state index is 14.2. The molecule has 0 radical (unpaired) electrons. The lowest BCUT2D eigenvalue weighted by atomic mass is 9.91. The molecule has 4 amide bonds. The highest BCUT2D eigenvalue weighted by Crippen LogP contribution is 2.50. The predicted molar refractivity (Wildman–Crippen MR) is 172 cm³/mol. The van der Waals surface area contributed by atoms with Crippen molar-refractivity contribution in [3.05, 3.63) is 99.0 Å². The largest absolute Gasteiger partial charge is 0.465 e. The fourth-order valence-electron chi connectivity index (χ4n) is 5.68. The monoisotopic (exact) mass is 665 g/mol. The van der Waals surface area contributed by atoms with Crippen LogP contribution in [-0.4, -0.2) is 65.4 Å². The molecule has 46 heavy (non-hydrogen) atoms. The van der Waals surface area contributed by atoms with Crippen molar-refractivity contribution in [2.45, 2.75) is 57.3 Å². The Morgan fingerprint density at radius 1 is 0.978 bits per heavy atom. The van der Waals surface area contributed by atoms with Gasteiger partial charge in [-0.2, -0.15) is 0 Å². The van der Waals surface area contributed by atoms with Crippen LogP contribution in [-0.2, 0) is 31.0 Å². The Kier molecular flexibility index (Phi) is 9.81. The molecular weight excluding hydrogens is 633 g/mol. The molecule has 12 heteroatoms. The van der Waals surface area contributed by atoms with Crippen molar-refractivity contribution in [1.82, 2.24) is 9.80 Å². The Bertz CT molecular complexity index is 1680. The van der Waals surface area contributed by atoms with Gasteiger partial charge in [0.15, 0.2) is 11.8 Å². The smallest absolute Gasteiger partial charge is 0.339 e. The van der Waals surface area contributed by atoms with Crippen molar-refractivity contribution in [3.63, 3.8) is 0 Å². The van der Waals surface area contributed by atoms with E-state index in [1.165, 1.54) is 17.0 Å². The van der Waals surface area contributed by atoms with Gasteiger partial charge in [-0.1, -0.05) is 84.7 Å². The number of urea groups is 1. The third-order valence-corrected chi connectivity index (χ3v) is 9.12. The van der Waals surface area contributed by atoms with Crippen molar-refractivity contribution < 1.29 is 33.4 Å². The van der Waals surface area contributed by atoms with Gasteiger partial charge in [-0.15, -0.1) is 0 Å². The molecule has 3 aromatic rings. The van der Waals surface area contributed by atoms with E-state index in [9.17, 15) is 24.0 Å². The van der Waals surface area contributed by atoms with E-state index in [2.05, 4.69) is 12.2 Å². The number of anilines is 1. The summed E-state index contributed by atoms with van der Waals surface area (Å²) in [6.45, 7) is 3.86. The van der Waals surface area contributed by atoms with Crippen LogP contribution in [0.2, 0.25) is 10.0 Å². The number of halogens is 2. The van der Waals surface area contributed by atoms with Gasteiger partial charge in [0.1, 0.15) is 0 Å². The maximum Gasteiger partial charge on any atom is 0.339 e. The van der Waals surface area contributed by atoms with Crippen LogP contribution in [0.1, 0.15) is 65.0 Å². The molecular formula is C34H33Cl2N3O7. The van der Waals surface area contributed by atoms with Gasteiger partial charge in [-0.05, 0) is 54.9 Å². The van der Waals surface area contributed by atoms with Crippen LogP contribution in [0.5, 0.6) is 0 Å². The number of carbonyl (C=O) groups is 5. The quantitative estimate of drug-likeness (QED) is 0.105. The molecule has 0 spiro atoms. The predicted octanol–water partition coefficient (Wildman–Crippen LogP) is 6.24. The first-order chi connectivity index (χ1) is 22.0. The van der Waals surface area contributed by atoms with Crippen LogP contribution in [0, 0.1) is 0 Å². The summed E-state index contributed by atoms with van der Waals surface area (Å²) in [5.74, 6) is -3.47. The second kappa shape index (κ2) is 13.6. The number of carbonyl (C=O) groups excluding carboxylic acids is 5. The number of benzene rings is 3. The molecule has 2 unspecified atom stereocenters. The number of methoxy groups -OCH3 is 1. The summed E-state index contributed by atoms with van der Waals surface area (Å²) in [7, 11) is 1.16. The first kappa shape index (κ1) is 33.1. The molecule has 240 valence electrons. The molecule has 0 bridgehead atoms. The van der Waals surface area contributed by atoms with Crippen molar-refractivity contribution in [2.75, 3.05) is 19.0 Å². The molecule has 1 heterocycles. The molecule has 10 nitrogen and oxygen atoms in total. The third-order valence-electron chi connectivity index (χ3n) is 8.49. The summed E-state index contributed by atoms with van der Waals surface area (Å²) >= 11 is 12.5. The Hall–Kier alpha value is -4.25. The second-order valence-electron chi connectivity index (χ2n) is 11.2. The molecule has 2 atom stereocenters. The number of nitrogens with zero attached hydrogens (tertiary/aromatic N) is 2. The van der Waals surface area contributed by atoms with Gasteiger partial charge in [0, 0.05) is 12.2 Å². The minimum Gasteiger partial charge on any atom is -0.465 e. The van der Waals surface area contributed by atoms with E-state index >= 15 is 0 Å². The molecule has 1 saturated carbocycles. The molecule has 2 aliphatic rings. The number of esters is 1. The highest BCUT2D eigenvalue weighted by Gasteiger charge is 2.53. The fraction of sp³-hybridized carbons (Fsp3) is 0.324. The number of hydrogen-bond donors (Lipinski definition) is 1. The standard InChI is InChI=1S/C34H33Cl2N3O7/c1-4-34(15-16-34)22-13-11-21(12-14-22)28(40)27(29(41)37-26-17-23(32(43)45-3)24(35)18-25(26)36)39-30(42)31(46-5-2)38(33(39)44)19-20-9-7-6-8-10-20/h6-14,17-18,27,31H,4-5,15-16,19H2,1-3H3,(H,37,41). The van der Waals surface area contributed by atoms with Gasteiger partial charge in [-0.3, -0.25) is 19.3 Å². The van der Waals surface area contributed by atoms with Gasteiger partial charge < -0.3 is 14.8 Å². The van der Waals surface area contributed by atoms with Crippen molar-refractivity contribution in [3.8, 4) is 0 Å². The summed E-state index contributed by atoms with van der Waals surface area (Å²) in [4.78, 5) is 70.2. The van der Waals surface area contributed by atoms with E-state index in [0.717, 1.165) is 31.9 Å². The zero-order valence-corrected chi connectivity index (χ0v) is 27.1. The Labute approximate surface area is 276 Å². The van der Waals surface area contributed by atoms with Gasteiger partial charge in [-0.25, -0.2) is 14.5 Å². The number of hydrogen-bond acceptors (Lipinski definition) is 7. The molecule has 1 saturated heterocycles. The Morgan fingerprint density at radius 2 is 1.65 bits per heavy atom. The van der Waals surface area contributed by atoms with Gasteiger partial charge in [0.05, 0.1) is 35.0 Å². The SMILES string of the molecule is CCOC1C(=O)N(C(C(=O)Nc2cc(C(=O)OC)c(Cl)cc2Cl)C(=O)c2ccc(C3(CC)CC3)cc2)C(=O)N1Cc1ccccc1. The Balaban J connectivity index is 1.54. The minimum absolute atomic E-state index is 0.00555. The van der Waals surface area contributed by atoms with Crippen molar-refractivity contribution in [1.29, 1.82) is 0 Å². The third kappa shape index (κ3) is 6.38. The van der Waals surface area contributed by atoms with Gasteiger partial charge >= 0.3 is 12.0 Å². The van der Waals surface area contributed by atoms with E-state index in [-0.39, 0.29) is 45.4 Å². The van der Waals surface area contributed by atoms with Gasteiger partial charge in [0.2, 0.25) is 6.23 Å². The van der Waals surface area contributed by atoms with E-state index in [1.54, 1.807) is 43.3 Å². The topological polar surface area (TPSA) is 122 Å². The average molecular weight is 667 g/mol. The van der Waals surface area contributed by atoms with E-state index in [1.807, 2.05) is 18.2 Å². The van der Waals surface area contributed by atoms with E-state index < -0.39 is 41.9 Å². The van der Waals surface area contributed by atoms with Crippen LogP contribution in [0.25, 0.3) is 0 Å². The van der Waals surface area contributed by atoms with Crippen LogP contribution in [0.3, 0.4) is 0 Å². The number of rotatable bonds is 12. The number of Topliss-reactive ketones (excluding diaryl/α,β-unsaturated/α-hetero) is 1. The van der Waals surface area contributed by atoms with E-state index in [0.29, 0.717) is 10.5 Å². The number of ketones is 1. The van der Waals surface area contributed by atoms with Crippen LogP contribution < -0.4 is 5.32 Å². The van der Waals surface area contributed by atoms with Crippen LogP contribution in [0.4, 0.5) is 10.5 Å². The molecule has 3 aromatic carbocycles. The summed E-state index contributed by atoms with van der Waals surface area (Å²) in [5.41, 5.74) is 1.82. The lowest BCUT2D eigenvalue weighted by molar-refractivity contribution is -0.144. The molecule has 5 rings (SSSR count). The number of imide groups is 1. The normalized spacial score (nSPS) is 17.5. The first-order valence-electron chi connectivity index (χ1n) is 14.9. The van der Waals surface area contributed by atoms with Crippen molar-refractivity contribution in [2.24, 2.45) is 0 Å². The summed E-state index contributed by atoms with van der Waals surface area (Å²) in [6, 6.07) is 15.5. The fourth-order valence-corrected chi connectivity index (χ4v) is 6.19. The highest BCUT2D eigenvalue weighted by atomic mass is 35.5. The molecule has 2 fully saturated rings. The van der Waals surface area contributed by atoms with Crippen LogP contribution >= 0.6 is 23.2 Å². The number of amides is 4. The molecule has 1 N–H and O–H groups in total. The minimum atomic E-state index is -1.94. The first-order valence-corrected chi connectivity index (χ1v) is 15.6. The molecule has 0 aromatic heterocycles. The lowest BCUT2D eigenvalue weighted by Crippen LogP contribution is -2.52. The average Bonchev–Trinajstić information content (AvgIpc) is 3.83. The number of ether oxygens (including phenoxy) is 2. The van der Waals surface area contributed by atoms with Crippen LogP contribution in [0.15, 0.2) is 66.7 Å². The zero-order valence-electron chi connectivity index (χ0n) is 25.5. The second-order valence-corrected chi connectivity index (χ2v) is 12.0. The van der Waals surface area contributed by atoms with E-state index in [4.69, 9.17) is 32.7 Å². The van der Waals surface area contributed by atoms with Crippen molar-refractivity contribution >= 4 is 58.5 Å². The molecule has 1 aliphatic heterocycles. The summed E-state index contributed by atoms with van der Waals surface area (Å²) in [5, 5.41) is 2.46.